The van der Waals surface area contributed by atoms with Gasteiger partial charge in [-0.2, -0.15) is 5.26 Å². The van der Waals surface area contributed by atoms with Gasteiger partial charge in [0, 0.05) is 50.1 Å². The zero-order chi connectivity index (χ0) is 17.4. The summed E-state index contributed by atoms with van der Waals surface area (Å²) < 4.78 is 7.31. The number of nitrogens with zero attached hydrogens (tertiary/aromatic N) is 3. The van der Waals surface area contributed by atoms with E-state index >= 15 is 0 Å². The number of hydrogen-bond acceptors (Lipinski definition) is 5. The molecular weight excluding hydrogens is 336 g/mol. The number of ether oxygens (including phenoxy) is 1. The lowest BCUT2D eigenvalue weighted by Gasteiger charge is -2.44. The Hall–Kier alpha value is -1.75. The van der Waals surface area contributed by atoms with Gasteiger partial charge in [0.2, 0.25) is 0 Å². The highest BCUT2D eigenvalue weighted by molar-refractivity contribution is 7.80. The second kappa shape index (κ2) is 6.52. The van der Waals surface area contributed by atoms with Crippen LogP contribution in [0.4, 0.5) is 0 Å². The smallest absolute Gasteiger partial charge is 0.326 e. The molecule has 0 atom stereocenters. The topological polar surface area (TPSA) is 74.0 Å². The molecule has 1 aromatic carbocycles. The molecule has 1 N–H and O–H groups in total. The highest BCUT2D eigenvalue weighted by atomic mass is 32.1. The Bertz CT molecular complexity index is 867. The predicted molar refractivity (Wildman–Crippen MR) is 98.1 cm³/mol. The van der Waals surface area contributed by atoms with Crippen molar-refractivity contribution in [2.75, 3.05) is 26.3 Å². The second-order valence-electron chi connectivity index (χ2n) is 6.98. The maximum atomic E-state index is 12.5. The molecule has 3 heterocycles. The van der Waals surface area contributed by atoms with E-state index in [0.29, 0.717) is 13.2 Å². The SMILES string of the molecule is N#CC1(N2CCC(n3c(=O)[nH]c4ccc(S)cc43)CC2)CCOCC1. The molecule has 0 aliphatic carbocycles. The van der Waals surface area contributed by atoms with Crippen LogP contribution < -0.4 is 5.69 Å². The Morgan fingerprint density at radius 3 is 2.68 bits per heavy atom. The summed E-state index contributed by atoms with van der Waals surface area (Å²) >= 11 is 4.40. The van der Waals surface area contributed by atoms with Crippen molar-refractivity contribution >= 4 is 23.7 Å². The Labute approximate surface area is 151 Å². The lowest BCUT2D eigenvalue weighted by molar-refractivity contribution is -0.0119. The van der Waals surface area contributed by atoms with E-state index in [2.05, 4.69) is 28.6 Å². The second-order valence-corrected chi connectivity index (χ2v) is 7.49. The molecule has 1 aromatic heterocycles. The van der Waals surface area contributed by atoms with Crippen LogP contribution in [0, 0.1) is 11.3 Å². The fraction of sp³-hybridized carbons (Fsp3) is 0.556. The van der Waals surface area contributed by atoms with Gasteiger partial charge >= 0.3 is 5.69 Å². The molecule has 2 fully saturated rings. The maximum absolute atomic E-state index is 12.5. The van der Waals surface area contributed by atoms with Gasteiger partial charge in [0.05, 0.1) is 17.1 Å². The third-order valence-electron chi connectivity index (χ3n) is 5.66. The Morgan fingerprint density at radius 2 is 2.00 bits per heavy atom. The van der Waals surface area contributed by atoms with Crippen molar-refractivity contribution in [1.29, 1.82) is 5.26 Å². The summed E-state index contributed by atoms with van der Waals surface area (Å²) in [6, 6.07) is 8.43. The monoisotopic (exact) mass is 358 g/mol. The molecule has 6 nitrogen and oxygen atoms in total. The van der Waals surface area contributed by atoms with E-state index in [1.165, 1.54) is 0 Å². The number of aromatic amines is 1. The van der Waals surface area contributed by atoms with Crippen LogP contribution in [0.3, 0.4) is 0 Å². The molecule has 0 radical (unpaired) electrons. The average Bonchev–Trinajstić information content (AvgIpc) is 2.97. The van der Waals surface area contributed by atoms with Gasteiger partial charge in [-0.1, -0.05) is 0 Å². The summed E-state index contributed by atoms with van der Waals surface area (Å²) in [6.07, 6.45) is 3.27. The summed E-state index contributed by atoms with van der Waals surface area (Å²) in [6.45, 7) is 2.97. The molecule has 2 aliphatic rings. The van der Waals surface area contributed by atoms with Crippen LogP contribution in [0.5, 0.6) is 0 Å². The van der Waals surface area contributed by atoms with Gasteiger partial charge in [0.25, 0.3) is 0 Å². The van der Waals surface area contributed by atoms with E-state index in [1.54, 1.807) is 0 Å². The summed E-state index contributed by atoms with van der Waals surface area (Å²) in [5, 5.41) is 9.74. The van der Waals surface area contributed by atoms with Crippen molar-refractivity contribution in [3.63, 3.8) is 0 Å². The predicted octanol–water partition coefficient (Wildman–Crippen LogP) is 2.33. The summed E-state index contributed by atoms with van der Waals surface area (Å²) in [5.74, 6) is 0. The van der Waals surface area contributed by atoms with E-state index in [4.69, 9.17) is 4.74 Å². The first kappa shape index (κ1) is 16.7. The highest BCUT2D eigenvalue weighted by Gasteiger charge is 2.40. The number of benzene rings is 1. The first-order valence-corrected chi connectivity index (χ1v) is 9.25. The quantitative estimate of drug-likeness (QED) is 0.808. The molecule has 132 valence electrons. The molecule has 25 heavy (non-hydrogen) atoms. The molecule has 0 spiro atoms. The summed E-state index contributed by atoms with van der Waals surface area (Å²) in [5.41, 5.74) is 1.31. The zero-order valence-corrected chi connectivity index (χ0v) is 15.0. The molecule has 0 amide bonds. The first-order valence-electron chi connectivity index (χ1n) is 8.80. The Morgan fingerprint density at radius 1 is 1.28 bits per heavy atom. The zero-order valence-electron chi connectivity index (χ0n) is 14.1. The number of imidazole rings is 1. The summed E-state index contributed by atoms with van der Waals surface area (Å²) in [4.78, 5) is 18.5. The minimum atomic E-state index is -0.396. The lowest BCUT2D eigenvalue weighted by Crippen LogP contribution is -2.54. The average molecular weight is 358 g/mol. The molecule has 0 unspecified atom stereocenters. The number of likely N-dealkylation sites (tertiary alicyclic amines) is 1. The van der Waals surface area contributed by atoms with E-state index < -0.39 is 5.54 Å². The van der Waals surface area contributed by atoms with Crippen molar-refractivity contribution < 1.29 is 4.74 Å². The molecule has 2 saturated heterocycles. The van der Waals surface area contributed by atoms with Gasteiger partial charge in [-0.3, -0.25) is 9.47 Å². The van der Waals surface area contributed by atoms with Gasteiger partial charge in [0.1, 0.15) is 5.54 Å². The van der Waals surface area contributed by atoms with Gasteiger partial charge < -0.3 is 9.72 Å². The van der Waals surface area contributed by atoms with Crippen molar-refractivity contribution in [1.82, 2.24) is 14.5 Å². The summed E-state index contributed by atoms with van der Waals surface area (Å²) in [7, 11) is 0. The molecule has 0 saturated carbocycles. The van der Waals surface area contributed by atoms with Crippen LogP contribution in [0.15, 0.2) is 27.9 Å². The van der Waals surface area contributed by atoms with Crippen molar-refractivity contribution in [2.45, 2.75) is 42.2 Å². The molecular formula is C18H22N4O2S. The van der Waals surface area contributed by atoms with Crippen molar-refractivity contribution in [3.05, 3.63) is 28.7 Å². The molecule has 0 bridgehead atoms. The fourth-order valence-electron chi connectivity index (χ4n) is 4.23. The van der Waals surface area contributed by atoms with Crippen molar-refractivity contribution in [2.24, 2.45) is 0 Å². The highest BCUT2D eigenvalue weighted by Crippen LogP contribution is 2.33. The largest absolute Gasteiger partial charge is 0.381 e. The van der Waals surface area contributed by atoms with Gasteiger partial charge in [0.15, 0.2) is 0 Å². The van der Waals surface area contributed by atoms with Crippen LogP contribution in [-0.4, -0.2) is 46.3 Å². The van der Waals surface area contributed by atoms with Crippen LogP contribution >= 0.6 is 12.6 Å². The number of rotatable bonds is 2. The molecule has 4 rings (SSSR count). The lowest BCUT2D eigenvalue weighted by atomic mass is 9.87. The standard InChI is InChI=1S/C18H22N4O2S/c19-12-18(5-9-24-10-6-18)21-7-3-13(4-8-21)22-16-11-14(25)1-2-15(16)20-17(22)23/h1-2,11,13,25H,3-10H2,(H,20,23). The normalized spacial score (nSPS) is 22.1. The van der Waals surface area contributed by atoms with E-state index in [9.17, 15) is 10.1 Å². The number of fused-ring (bicyclic) bond motifs is 1. The third kappa shape index (κ3) is 2.88. The number of H-pyrrole nitrogens is 1. The van der Waals surface area contributed by atoms with Crippen molar-refractivity contribution in [3.8, 4) is 6.07 Å². The van der Waals surface area contributed by atoms with Gasteiger partial charge in [-0.15, -0.1) is 12.6 Å². The maximum Gasteiger partial charge on any atom is 0.326 e. The Kier molecular flexibility index (Phi) is 4.36. The molecule has 7 heteroatoms. The van der Waals surface area contributed by atoms with Gasteiger partial charge in [-0.25, -0.2) is 4.79 Å². The van der Waals surface area contributed by atoms with Crippen LogP contribution in [0.25, 0.3) is 11.0 Å². The molecule has 2 aliphatic heterocycles. The molecule has 2 aromatic rings. The number of thiol groups is 1. The van der Waals surface area contributed by atoms with Gasteiger partial charge in [-0.05, 0) is 31.0 Å². The number of piperidine rings is 1. The van der Waals surface area contributed by atoms with Crippen LogP contribution in [0.1, 0.15) is 31.7 Å². The number of nitrogens with one attached hydrogen (secondary N) is 1. The minimum Gasteiger partial charge on any atom is -0.381 e. The number of aromatic nitrogens is 2. The first-order chi connectivity index (χ1) is 12.1. The third-order valence-corrected chi connectivity index (χ3v) is 5.94. The van der Waals surface area contributed by atoms with E-state index in [-0.39, 0.29) is 11.7 Å². The van der Waals surface area contributed by atoms with Crippen LogP contribution in [0.2, 0.25) is 0 Å². The number of hydrogen-bond donors (Lipinski definition) is 2. The van der Waals surface area contributed by atoms with E-state index in [1.807, 2.05) is 22.8 Å². The fourth-order valence-corrected chi connectivity index (χ4v) is 4.43. The Balaban J connectivity index is 1.57. The van der Waals surface area contributed by atoms with E-state index in [0.717, 1.165) is 54.7 Å². The van der Waals surface area contributed by atoms with Crippen LogP contribution in [-0.2, 0) is 4.74 Å². The number of nitriles is 1. The minimum absolute atomic E-state index is 0.0616.